The summed E-state index contributed by atoms with van der Waals surface area (Å²) in [6, 6.07) is 7.21. The van der Waals surface area contributed by atoms with Crippen molar-refractivity contribution in [2.75, 3.05) is 0 Å². The number of hydrogen-bond donors (Lipinski definition) is 0. The quantitative estimate of drug-likeness (QED) is 0.540. The van der Waals surface area contributed by atoms with Crippen LogP contribution in [-0.2, 0) is 7.05 Å². The van der Waals surface area contributed by atoms with Gasteiger partial charge in [0.05, 0.1) is 11.9 Å². The molecule has 0 bridgehead atoms. The molecule has 0 N–H and O–H groups in total. The molecule has 0 radical (unpaired) electrons. The summed E-state index contributed by atoms with van der Waals surface area (Å²) in [5.74, 6) is -0.0519. The Morgan fingerprint density at radius 3 is 2.62 bits per heavy atom. The fourth-order valence-electron chi connectivity index (χ4n) is 1.91. The molecule has 1 aromatic carbocycles. The first-order valence-electron chi connectivity index (χ1n) is 6.38. The first-order chi connectivity index (χ1) is 10.2. The van der Waals surface area contributed by atoms with E-state index in [9.17, 15) is 4.79 Å². The Morgan fingerprint density at radius 2 is 2.00 bits per heavy atom. The largest absolute Gasteiger partial charge is 0.289 e. The maximum atomic E-state index is 12.1. The number of rotatable bonds is 4. The summed E-state index contributed by atoms with van der Waals surface area (Å²) in [7, 11) is 1.84. The van der Waals surface area contributed by atoms with Crippen LogP contribution in [0.2, 0.25) is 0 Å². The maximum Gasteiger partial charge on any atom is 0.185 e. The second-order valence-corrected chi connectivity index (χ2v) is 4.53. The molecule has 0 aliphatic carbocycles. The van der Waals surface area contributed by atoms with Gasteiger partial charge in [-0.1, -0.05) is 0 Å². The number of aryl methyl sites for hydroxylation is 1. The summed E-state index contributed by atoms with van der Waals surface area (Å²) in [4.78, 5) is 16.0. The van der Waals surface area contributed by atoms with Gasteiger partial charge in [-0.3, -0.25) is 9.48 Å². The monoisotopic (exact) mass is 279 g/mol. The summed E-state index contributed by atoms with van der Waals surface area (Å²) in [6.07, 6.45) is 9.92. The van der Waals surface area contributed by atoms with Gasteiger partial charge < -0.3 is 0 Å². The fourth-order valence-corrected chi connectivity index (χ4v) is 1.91. The molecule has 6 nitrogen and oxygen atoms in total. The number of nitrogens with zero attached hydrogens (tertiary/aromatic N) is 5. The molecule has 3 aromatic rings. The van der Waals surface area contributed by atoms with Crippen LogP contribution in [0.15, 0.2) is 55.4 Å². The number of carbonyl (C=O) groups excluding carboxylic acids is 1. The number of ketones is 1. The number of benzene rings is 1. The van der Waals surface area contributed by atoms with Crippen LogP contribution in [-0.4, -0.2) is 30.3 Å². The normalized spacial score (nSPS) is 11.1. The minimum absolute atomic E-state index is 0.0519. The van der Waals surface area contributed by atoms with E-state index in [1.807, 2.05) is 25.4 Å². The Balaban J connectivity index is 1.74. The minimum Gasteiger partial charge on any atom is -0.289 e. The van der Waals surface area contributed by atoms with Crippen molar-refractivity contribution in [3.8, 4) is 5.69 Å². The van der Waals surface area contributed by atoms with E-state index in [4.69, 9.17) is 0 Å². The Bertz CT molecular complexity index is 769. The fraction of sp³-hybridized carbons (Fsp3) is 0.0667. The Hall–Kier alpha value is -3.02. The van der Waals surface area contributed by atoms with Gasteiger partial charge in [0.25, 0.3) is 0 Å². The highest BCUT2D eigenvalue weighted by molar-refractivity contribution is 6.06. The van der Waals surface area contributed by atoms with Gasteiger partial charge in [0.15, 0.2) is 5.78 Å². The second-order valence-electron chi connectivity index (χ2n) is 4.53. The van der Waals surface area contributed by atoms with Crippen molar-refractivity contribution in [3.63, 3.8) is 0 Å². The lowest BCUT2D eigenvalue weighted by Crippen LogP contribution is -1.97. The second kappa shape index (κ2) is 5.54. The number of allylic oxidation sites excluding steroid dienone is 1. The molecular formula is C15H13N5O. The average Bonchev–Trinajstić information content (AvgIpc) is 3.16. The van der Waals surface area contributed by atoms with Crippen molar-refractivity contribution < 1.29 is 4.79 Å². The number of carbonyl (C=O) groups is 1. The highest BCUT2D eigenvalue weighted by atomic mass is 16.1. The van der Waals surface area contributed by atoms with Crippen molar-refractivity contribution in [1.29, 1.82) is 0 Å². The van der Waals surface area contributed by atoms with Crippen molar-refractivity contribution in [2.24, 2.45) is 7.05 Å². The van der Waals surface area contributed by atoms with Gasteiger partial charge in [0.1, 0.15) is 12.7 Å². The van der Waals surface area contributed by atoms with Crippen LogP contribution in [0.25, 0.3) is 11.8 Å². The summed E-state index contributed by atoms with van der Waals surface area (Å²) in [6.45, 7) is 0. The molecule has 3 rings (SSSR count). The van der Waals surface area contributed by atoms with Crippen LogP contribution < -0.4 is 0 Å². The first kappa shape index (κ1) is 13.0. The molecule has 2 heterocycles. The van der Waals surface area contributed by atoms with Gasteiger partial charge in [-0.25, -0.2) is 9.67 Å². The summed E-state index contributed by atoms with van der Waals surface area (Å²) in [5.41, 5.74) is 2.38. The van der Waals surface area contributed by atoms with Gasteiger partial charge >= 0.3 is 0 Å². The third-order valence-corrected chi connectivity index (χ3v) is 2.99. The first-order valence-corrected chi connectivity index (χ1v) is 6.38. The SMILES string of the molecule is Cn1cc(/C=C/C(=O)c2ccc(-n3cncn3)cc2)cn1. The van der Waals surface area contributed by atoms with Crippen molar-refractivity contribution >= 4 is 11.9 Å². The molecule has 0 aliphatic heterocycles. The average molecular weight is 279 g/mol. The molecule has 21 heavy (non-hydrogen) atoms. The van der Waals surface area contributed by atoms with E-state index in [1.165, 1.54) is 6.33 Å². The molecule has 2 aromatic heterocycles. The molecule has 0 atom stereocenters. The minimum atomic E-state index is -0.0519. The van der Waals surface area contributed by atoms with Gasteiger partial charge in [0, 0.05) is 24.4 Å². The molecule has 0 amide bonds. The third-order valence-electron chi connectivity index (χ3n) is 2.99. The topological polar surface area (TPSA) is 65.6 Å². The molecule has 0 saturated carbocycles. The van der Waals surface area contributed by atoms with Crippen molar-refractivity contribution in [2.45, 2.75) is 0 Å². The highest BCUT2D eigenvalue weighted by Crippen LogP contribution is 2.10. The molecule has 0 fully saturated rings. The van der Waals surface area contributed by atoms with Crippen LogP contribution in [0, 0.1) is 0 Å². The zero-order valence-electron chi connectivity index (χ0n) is 11.4. The Kier molecular flexibility index (Phi) is 3.42. The van der Waals surface area contributed by atoms with E-state index in [-0.39, 0.29) is 5.78 Å². The molecular weight excluding hydrogens is 266 g/mol. The van der Waals surface area contributed by atoms with E-state index in [0.717, 1.165) is 11.3 Å². The van der Waals surface area contributed by atoms with Crippen LogP contribution >= 0.6 is 0 Å². The van der Waals surface area contributed by atoms with Crippen LogP contribution in [0.1, 0.15) is 15.9 Å². The predicted molar refractivity (Wildman–Crippen MR) is 77.9 cm³/mol. The predicted octanol–water partition coefficient (Wildman–Crippen LogP) is 1.90. The van der Waals surface area contributed by atoms with Crippen LogP contribution in [0.5, 0.6) is 0 Å². The zero-order valence-corrected chi connectivity index (χ0v) is 11.4. The molecule has 104 valence electrons. The summed E-state index contributed by atoms with van der Waals surface area (Å²) in [5, 5.41) is 8.08. The van der Waals surface area contributed by atoms with Gasteiger partial charge in [-0.2, -0.15) is 10.2 Å². The molecule has 0 aliphatic rings. The third kappa shape index (κ3) is 2.94. The van der Waals surface area contributed by atoms with Crippen LogP contribution in [0.3, 0.4) is 0 Å². The van der Waals surface area contributed by atoms with Gasteiger partial charge in [0.2, 0.25) is 0 Å². The maximum absolute atomic E-state index is 12.1. The van der Waals surface area contributed by atoms with Gasteiger partial charge in [-0.15, -0.1) is 0 Å². The number of aromatic nitrogens is 5. The van der Waals surface area contributed by atoms with Gasteiger partial charge in [-0.05, 0) is 36.4 Å². The summed E-state index contributed by atoms with van der Waals surface area (Å²) >= 11 is 0. The lowest BCUT2D eigenvalue weighted by Gasteiger charge is -2.01. The van der Waals surface area contributed by atoms with E-state index < -0.39 is 0 Å². The zero-order chi connectivity index (χ0) is 14.7. The number of hydrogen-bond acceptors (Lipinski definition) is 4. The van der Waals surface area contributed by atoms with E-state index in [2.05, 4.69) is 15.2 Å². The lowest BCUT2D eigenvalue weighted by molar-refractivity contribution is 0.104. The molecule has 0 saturated heterocycles. The molecule has 0 unspecified atom stereocenters. The summed E-state index contributed by atoms with van der Waals surface area (Å²) < 4.78 is 3.33. The lowest BCUT2D eigenvalue weighted by atomic mass is 10.1. The molecule has 6 heteroatoms. The standard InChI is InChI=1S/C15H13N5O/c1-19-9-12(8-17-19)2-7-15(21)13-3-5-14(6-4-13)20-11-16-10-18-20/h2-11H,1H3/b7-2+. The van der Waals surface area contributed by atoms with E-state index in [1.54, 1.807) is 46.2 Å². The molecule has 0 spiro atoms. The Morgan fingerprint density at radius 1 is 1.19 bits per heavy atom. The Labute approximate surface area is 121 Å². The smallest absolute Gasteiger partial charge is 0.185 e. The van der Waals surface area contributed by atoms with E-state index >= 15 is 0 Å². The van der Waals surface area contributed by atoms with Crippen molar-refractivity contribution in [1.82, 2.24) is 24.5 Å². The highest BCUT2D eigenvalue weighted by Gasteiger charge is 2.03. The van der Waals surface area contributed by atoms with Crippen LogP contribution in [0.4, 0.5) is 0 Å². The van der Waals surface area contributed by atoms with E-state index in [0.29, 0.717) is 5.56 Å². The van der Waals surface area contributed by atoms with Crippen molar-refractivity contribution in [3.05, 3.63) is 66.5 Å².